The topological polar surface area (TPSA) is 51.1 Å². The number of methoxy groups -OCH3 is 2. The van der Waals surface area contributed by atoms with E-state index in [4.69, 9.17) is 9.47 Å². The first-order chi connectivity index (χ1) is 10.7. The van der Waals surface area contributed by atoms with E-state index in [2.05, 4.69) is 16.8 Å². The van der Waals surface area contributed by atoms with Crippen LogP contribution in [0.4, 0.5) is 0 Å². The standard InChI is InChI=1S/C17H24N2O3/c1-4-9-19-10-5-6-17(19)18-12-15(20)14-8-7-13(21-2)11-16(14)22-3/h7-8,11H,4-6,9-10,12H2,1-3H3. The zero-order valence-corrected chi connectivity index (χ0v) is 13.6. The maximum absolute atomic E-state index is 12.4. The summed E-state index contributed by atoms with van der Waals surface area (Å²) < 4.78 is 10.4. The second-order valence-corrected chi connectivity index (χ2v) is 5.31. The summed E-state index contributed by atoms with van der Waals surface area (Å²) in [6, 6.07) is 5.22. The maximum Gasteiger partial charge on any atom is 0.187 e. The molecule has 0 spiro atoms. The lowest BCUT2D eigenvalue weighted by Crippen LogP contribution is -2.26. The Morgan fingerprint density at radius 1 is 1.32 bits per heavy atom. The lowest BCUT2D eigenvalue weighted by atomic mass is 10.1. The van der Waals surface area contributed by atoms with Crippen LogP contribution in [0.5, 0.6) is 11.5 Å². The molecule has 5 heteroatoms. The average molecular weight is 304 g/mol. The second kappa shape index (κ2) is 7.82. The van der Waals surface area contributed by atoms with Crippen molar-refractivity contribution in [2.45, 2.75) is 26.2 Å². The molecule has 22 heavy (non-hydrogen) atoms. The third-order valence-electron chi connectivity index (χ3n) is 3.80. The van der Waals surface area contributed by atoms with Gasteiger partial charge in [0.25, 0.3) is 0 Å². The first-order valence-electron chi connectivity index (χ1n) is 7.73. The number of aliphatic imine (C=N–C) groups is 1. The molecule has 0 saturated carbocycles. The lowest BCUT2D eigenvalue weighted by Gasteiger charge is -2.17. The molecule has 0 aliphatic carbocycles. The summed E-state index contributed by atoms with van der Waals surface area (Å²) >= 11 is 0. The molecule has 5 nitrogen and oxygen atoms in total. The molecule has 0 bridgehead atoms. The van der Waals surface area contributed by atoms with Gasteiger partial charge in [-0.05, 0) is 25.0 Å². The highest BCUT2D eigenvalue weighted by molar-refractivity contribution is 6.01. The SMILES string of the molecule is CCCN1CCCC1=NCC(=O)c1ccc(OC)cc1OC. The minimum atomic E-state index is -0.0321. The largest absolute Gasteiger partial charge is 0.497 e. The van der Waals surface area contributed by atoms with Gasteiger partial charge in [-0.3, -0.25) is 9.79 Å². The molecule has 0 radical (unpaired) electrons. The van der Waals surface area contributed by atoms with Crippen LogP contribution in [-0.4, -0.2) is 50.4 Å². The summed E-state index contributed by atoms with van der Waals surface area (Å²) in [5, 5.41) is 0. The molecular formula is C17H24N2O3. The van der Waals surface area contributed by atoms with Crippen LogP contribution in [0.1, 0.15) is 36.5 Å². The highest BCUT2D eigenvalue weighted by Crippen LogP contribution is 2.25. The lowest BCUT2D eigenvalue weighted by molar-refractivity contribution is 0.0998. The van der Waals surface area contributed by atoms with E-state index in [9.17, 15) is 4.79 Å². The molecular weight excluding hydrogens is 280 g/mol. The molecule has 1 fully saturated rings. The zero-order valence-electron chi connectivity index (χ0n) is 13.6. The van der Waals surface area contributed by atoms with Crippen LogP contribution < -0.4 is 9.47 Å². The van der Waals surface area contributed by atoms with Crippen molar-refractivity contribution >= 4 is 11.6 Å². The van der Waals surface area contributed by atoms with Gasteiger partial charge in [-0.1, -0.05) is 6.92 Å². The fourth-order valence-electron chi connectivity index (χ4n) is 2.68. The Kier molecular flexibility index (Phi) is 5.81. The first kappa shape index (κ1) is 16.3. The molecule has 0 amide bonds. The Labute approximate surface area is 131 Å². The van der Waals surface area contributed by atoms with Gasteiger partial charge in [0.15, 0.2) is 5.78 Å². The van der Waals surface area contributed by atoms with Crippen LogP contribution in [0.15, 0.2) is 23.2 Å². The number of ether oxygens (including phenoxy) is 2. The Bertz CT molecular complexity index is 555. The first-order valence-corrected chi connectivity index (χ1v) is 7.73. The highest BCUT2D eigenvalue weighted by atomic mass is 16.5. The minimum absolute atomic E-state index is 0.0321. The van der Waals surface area contributed by atoms with Crippen LogP contribution >= 0.6 is 0 Å². The van der Waals surface area contributed by atoms with Gasteiger partial charge in [0.1, 0.15) is 18.0 Å². The molecule has 1 aliphatic heterocycles. The van der Waals surface area contributed by atoms with Gasteiger partial charge >= 0.3 is 0 Å². The predicted molar refractivity (Wildman–Crippen MR) is 87.3 cm³/mol. The van der Waals surface area contributed by atoms with Gasteiger partial charge in [-0.25, -0.2) is 0 Å². The van der Waals surface area contributed by atoms with Crippen LogP contribution in [-0.2, 0) is 0 Å². The number of hydrogen-bond donors (Lipinski definition) is 0. The number of ketones is 1. The van der Waals surface area contributed by atoms with Crippen LogP contribution in [0, 0.1) is 0 Å². The summed E-state index contributed by atoms with van der Waals surface area (Å²) in [5.41, 5.74) is 0.549. The van der Waals surface area contributed by atoms with E-state index in [-0.39, 0.29) is 12.3 Å². The summed E-state index contributed by atoms with van der Waals surface area (Å²) in [4.78, 5) is 19.2. The number of carbonyl (C=O) groups is 1. The highest BCUT2D eigenvalue weighted by Gasteiger charge is 2.18. The summed E-state index contributed by atoms with van der Waals surface area (Å²) in [6.45, 7) is 4.38. The Morgan fingerprint density at radius 2 is 2.14 bits per heavy atom. The van der Waals surface area contributed by atoms with Crippen molar-refractivity contribution in [2.75, 3.05) is 33.9 Å². The van der Waals surface area contributed by atoms with Crippen molar-refractivity contribution in [3.05, 3.63) is 23.8 Å². The monoisotopic (exact) mass is 304 g/mol. The molecule has 120 valence electrons. The van der Waals surface area contributed by atoms with Crippen molar-refractivity contribution in [1.82, 2.24) is 4.90 Å². The number of rotatable bonds is 7. The van der Waals surface area contributed by atoms with Gasteiger partial charge in [0.2, 0.25) is 0 Å². The summed E-state index contributed by atoms with van der Waals surface area (Å²) in [5.74, 6) is 2.23. The van der Waals surface area contributed by atoms with Crippen LogP contribution in [0.25, 0.3) is 0 Å². The van der Waals surface area contributed by atoms with E-state index >= 15 is 0 Å². The molecule has 1 aliphatic rings. The molecule has 0 atom stereocenters. The van der Waals surface area contributed by atoms with Gasteiger partial charge in [0.05, 0.1) is 25.6 Å². The number of Topliss-reactive ketones (excluding diaryl/α,β-unsaturated/α-hetero) is 1. The third kappa shape index (κ3) is 3.78. The number of likely N-dealkylation sites (tertiary alicyclic amines) is 1. The fraction of sp³-hybridized carbons (Fsp3) is 0.529. The van der Waals surface area contributed by atoms with E-state index in [1.807, 2.05) is 0 Å². The van der Waals surface area contributed by atoms with Crippen LogP contribution in [0.2, 0.25) is 0 Å². The van der Waals surface area contributed by atoms with Crippen molar-refractivity contribution in [1.29, 1.82) is 0 Å². The van der Waals surface area contributed by atoms with Crippen molar-refractivity contribution in [3.8, 4) is 11.5 Å². The van der Waals surface area contributed by atoms with Crippen LogP contribution in [0.3, 0.4) is 0 Å². The Hall–Kier alpha value is -2.04. The predicted octanol–water partition coefficient (Wildman–Crippen LogP) is 2.79. The fourth-order valence-corrected chi connectivity index (χ4v) is 2.68. The van der Waals surface area contributed by atoms with Crippen molar-refractivity contribution in [2.24, 2.45) is 4.99 Å². The quantitative estimate of drug-likeness (QED) is 0.727. The molecule has 0 aromatic heterocycles. The van der Waals surface area contributed by atoms with Crippen molar-refractivity contribution in [3.63, 3.8) is 0 Å². The number of benzene rings is 1. The Balaban J connectivity index is 2.09. The molecule has 0 unspecified atom stereocenters. The van der Waals surface area contributed by atoms with E-state index in [0.29, 0.717) is 17.1 Å². The molecule has 1 saturated heterocycles. The molecule has 1 heterocycles. The van der Waals surface area contributed by atoms with Gasteiger partial charge < -0.3 is 14.4 Å². The number of nitrogens with zero attached hydrogens (tertiary/aromatic N) is 2. The summed E-state index contributed by atoms with van der Waals surface area (Å²) in [7, 11) is 3.14. The van der Waals surface area contributed by atoms with Gasteiger partial charge in [-0.15, -0.1) is 0 Å². The van der Waals surface area contributed by atoms with Crippen molar-refractivity contribution < 1.29 is 14.3 Å². The average Bonchev–Trinajstić information content (AvgIpc) is 2.99. The van der Waals surface area contributed by atoms with E-state index < -0.39 is 0 Å². The van der Waals surface area contributed by atoms with Gasteiger partial charge in [0, 0.05) is 25.6 Å². The third-order valence-corrected chi connectivity index (χ3v) is 3.80. The summed E-state index contributed by atoms with van der Waals surface area (Å²) in [6.07, 6.45) is 3.19. The smallest absolute Gasteiger partial charge is 0.187 e. The number of hydrogen-bond acceptors (Lipinski definition) is 4. The van der Waals surface area contributed by atoms with E-state index in [1.54, 1.807) is 32.4 Å². The maximum atomic E-state index is 12.4. The second-order valence-electron chi connectivity index (χ2n) is 5.31. The molecule has 1 aromatic rings. The minimum Gasteiger partial charge on any atom is -0.497 e. The van der Waals surface area contributed by atoms with E-state index in [0.717, 1.165) is 38.2 Å². The zero-order chi connectivity index (χ0) is 15.9. The van der Waals surface area contributed by atoms with E-state index in [1.165, 1.54) is 0 Å². The molecule has 2 rings (SSSR count). The Morgan fingerprint density at radius 3 is 2.82 bits per heavy atom. The number of amidine groups is 1. The van der Waals surface area contributed by atoms with Gasteiger partial charge in [-0.2, -0.15) is 0 Å². The molecule has 0 N–H and O–H groups in total. The molecule has 1 aromatic carbocycles. The normalized spacial score (nSPS) is 16.1. The number of carbonyl (C=O) groups excluding carboxylic acids is 1.